The number of hydrogen-bond acceptors (Lipinski definition) is 3. The lowest BCUT2D eigenvalue weighted by Crippen LogP contribution is -2.03. The van der Waals surface area contributed by atoms with Crippen LogP contribution in [0.25, 0.3) is 0 Å². The van der Waals surface area contributed by atoms with Gasteiger partial charge in [-0.25, -0.2) is 0 Å². The molecule has 92 valence electrons. The SMILES string of the molecule is CON=C(C)CCC(=N)c1ccc(Cl)c(Cl)c1. The van der Waals surface area contributed by atoms with Crippen LogP contribution in [0.4, 0.5) is 0 Å². The summed E-state index contributed by atoms with van der Waals surface area (Å²) in [5.41, 5.74) is 2.15. The third-order valence-electron chi connectivity index (χ3n) is 2.25. The summed E-state index contributed by atoms with van der Waals surface area (Å²) in [6, 6.07) is 5.19. The van der Waals surface area contributed by atoms with Gasteiger partial charge in [-0.3, -0.25) is 0 Å². The first-order chi connectivity index (χ1) is 8.04. The van der Waals surface area contributed by atoms with E-state index in [9.17, 15) is 0 Å². The lowest BCUT2D eigenvalue weighted by molar-refractivity contribution is 0.212. The number of oxime groups is 1. The fourth-order valence-corrected chi connectivity index (χ4v) is 1.63. The van der Waals surface area contributed by atoms with Gasteiger partial charge in [0.15, 0.2) is 0 Å². The Kier molecular flexibility index (Phi) is 5.45. The highest BCUT2D eigenvalue weighted by Crippen LogP contribution is 2.23. The predicted octanol–water partition coefficient (Wildman–Crippen LogP) is 4.16. The Morgan fingerprint density at radius 1 is 1.29 bits per heavy atom. The fourth-order valence-electron chi connectivity index (χ4n) is 1.34. The molecule has 0 fully saturated rings. The van der Waals surface area contributed by atoms with E-state index in [4.69, 9.17) is 28.6 Å². The molecule has 0 amide bonds. The zero-order chi connectivity index (χ0) is 12.8. The van der Waals surface area contributed by atoms with Crippen LogP contribution in [0.3, 0.4) is 0 Å². The first kappa shape index (κ1) is 14.0. The average molecular weight is 273 g/mol. The third kappa shape index (κ3) is 4.36. The summed E-state index contributed by atoms with van der Waals surface area (Å²) >= 11 is 11.7. The molecule has 1 N–H and O–H groups in total. The van der Waals surface area contributed by atoms with E-state index in [-0.39, 0.29) is 0 Å². The van der Waals surface area contributed by atoms with Crippen molar-refractivity contribution in [2.24, 2.45) is 5.16 Å². The maximum atomic E-state index is 7.92. The summed E-state index contributed by atoms with van der Waals surface area (Å²) in [7, 11) is 1.51. The third-order valence-corrected chi connectivity index (χ3v) is 2.99. The van der Waals surface area contributed by atoms with Crippen molar-refractivity contribution in [1.82, 2.24) is 0 Å². The number of nitrogens with zero attached hydrogens (tertiary/aromatic N) is 1. The minimum absolute atomic E-state index is 0.469. The quantitative estimate of drug-likeness (QED) is 0.635. The Balaban J connectivity index is 2.64. The van der Waals surface area contributed by atoms with Gasteiger partial charge in [0.2, 0.25) is 0 Å². The average Bonchev–Trinajstić information content (AvgIpc) is 2.30. The van der Waals surface area contributed by atoms with Crippen LogP contribution >= 0.6 is 23.2 Å². The second-order valence-corrected chi connectivity index (χ2v) is 4.43. The van der Waals surface area contributed by atoms with Crippen LogP contribution in [0.2, 0.25) is 10.0 Å². The van der Waals surface area contributed by atoms with Crippen LogP contribution in [0, 0.1) is 5.41 Å². The number of halogens is 2. The molecule has 0 unspecified atom stereocenters. The summed E-state index contributed by atoms with van der Waals surface area (Å²) in [6.07, 6.45) is 1.28. The van der Waals surface area contributed by atoms with Gasteiger partial charge in [0.1, 0.15) is 7.11 Å². The molecule has 0 saturated carbocycles. The van der Waals surface area contributed by atoms with E-state index >= 15 is 0 Å². The summed E-state index contributed by atoms with van der Waals surface area (Å²) in [5, 5.41) is 12.7. The first-order valence-corrected chi connectivity index (χ1v) is 5.89. The molecule has 0 bridgehead atoms. The second-order valence-electron chi connectivity index (χ2n) is 3.62. The largest absolute Gasteiger partial charge is 0.399 e. The van der Waals surface area contributed by atoms with Gasteiger partial charge in [0.25, 0.3) is 0 Å². The van der Waals surface area contributed by atoms with E-state index in [2.05, 4.69) is 9.99 Å². The van der Waals surface area contributed by atoms with E-state index in [1.807, 2.05) is 6.92 Å². The van der Waals surface area contributed by atoms with Gasteiger partial charge in [0.05, 0.1) is 15.8 Å². The molecular formula is C12H14Cl2N2O. The molecule has 0 aromatic heterocycles. The summed E-state index contributed by atoms with van der Waals surface area (Å²) in [4.78, 5) is 4.66. The predicted molar refractivity (Wildman–Crippen MR) is 72.6 cm³/mol. The zero-order valence-electron chi connectivity index (χ0n) is 9.76. The van der Waals surface area contributed by atoms with Gasteiger partial charge in [-0.15, -0.1) is 0 Å². The van der Waals surface area contributed by atoms with Gasteiger partial charge in [-0.1, -0.05) is 34.4 Å². The van der Waals surface area contributed by atoms with E-state index in [0.717, 1.165) is 11.3 Å². The van der Waals surface area contributed by atoms with Crippen molar-refractivity contribution in [2.45, 2.75) is 19.8 Å². The van der Waals surface area contributed by atoms with Crippen LogP contribution in [-0.2, 0) is 4.84 Å². The molecule has 5 heteroatoms. The minimum atomic E-state index is 0.469. The molecule has 3 nitrogen and oxygen atoms in total. The van der Waals surface area contributed by atoms with Crippen molar-refractivity contribution in [1.29, 1.82) is 5.41 Å². The maximum Gasteiger partial charge on any atom is 0.106 e. The van der Waals surface area contributed by atoms with Crippen LogP contribution in [-0.4, -0.2) is 18.5 Å². The molecule has 0 aliphatic heterocycles. The minimum Gasteiger partial charge on any atom is -0.399 e. The second kappa shape index (κ2) is 6.62. The van der Waals surface area contributed by atoms with Crippen LogP contribution < -0.4 is 0 Å². The van der Waals surface area contributed by atoms with Crippen LogP contribution in [0.5, 0.6) is 0 Å². The van der Waals surface area contributed by atoms with E-state index in [1.165, 1.54) is 7.11 Å². The number of benzene rings is 1. The Bertz CT molecular complexity index is 444. The summed E-state index contributed by atoms with van der Waals surface area (Å²) in [6.45, 7) is 1.87. The molecule has 0 saturated heterocycles. The number of hydrogen-bond donors (Lipinski definition) is 1. The van der Waals surface area contributed by atoms with Crippen LogP contribution in [0.1, 0.15) is 25.3 Å². The van der Waals surface area contributed by atoms with Crippen molar-refractivity contribution >= 4 is 34.6 Å². The topological polar surface area (TPSA) is 45.4 Å². The molecule has 0 spiro atoms. The first-order valence-electron chi connectivity index (χ1n) is 5.14. The van der Waals surface area contributed by atoms with Crippen molar-refractivity contribution < 1.29 is 4.84 Å². The van der Waals surface area contributed by atoms with Gasteiger partial charge in [0, 0.05) is 5.71 Å². The van der Waals surface area contributed by atoms with Crippen molar-refractivity contribution in [3.8, 4) is 0 Å². The van der Waals surface area contributed by atoms with Gasteiger partial charge in [-0.05, 0) is 37.5 Å². The molecule has 0 aliphatic carbocycles. The number of nitrogens with one attached hydrogen (secondary N) is 1. The van der Waals surface area contributed by atoms with Gasteiger partial charge in [-0.2, -0.15) is 0 Å². The van der Waals surface area contributed by atoms with E-state index in [0.29, 0.717) is 28.6 Å². The Morgan fingerprint density at radius 3 is 2.59 bits per heavy atom. The van der Waals surface area contributed by atoms with Crippen molar-refractivity contribution in [3.63, 3.8) is 0 Å². The van der Waals surface area contributed by atoms with Crippen LogP contribution in [0.15, 0.2) is 23.4 Å². The summed E-state index contributed by atoms with van der Waals surface area (Å²) in [5.74, 6) is 0. The molecule has 1 rings (SSSR count). The van der Waals surface area contributed by atoms with Crippen molar-refractivity contribution in [3.05, 3.63) is 33.8 Å². The summed E-state index contributed by atoms with van der Waals surface area (Å²) < 4.78 is 0. The molecule has 0 heterocycles. The fraction of sp³-hybridized carbons (Fsp3) is 0.333. The molecule has 17 heavy (non-hydrogen) atoms. The monoisotopic (exact) mass is 272 g/mol. The highest BCUT2D eigenvalue weighted by Gasteiger charge is 2.05. The van der Waals surface area contributed by atoms with E-state index in [1.54, 1.807) is 18.2 Å². The molecule has 0 radical (unpaired) electrons. The van der Waals surface area contributed by atoms with Gasteiger partial charge < -0.3 is 10.2 Å². The van der Waals surface area contributed by atoms with E-state index < -0.39 is 0 Å². The standard InChI is InChI=1S/C12H14Cl2N2O/c1-8(16-17-2)3-6-12(15)9-4-5-10(13)11(14)7-9/h4-5,7,15H,3,6H2,1-2H3. The highest BCUT2D eigenvalue weighted by atomic mass is 35.5. The normalized spacial score (nSPS) is 11.4. The molecule has 0 aliphatic rings. The lowest BCUT2D eigenvalue weighted by Gasteiger charge is -2.05. The molecule has 1 aromatic carbocycles. The maximum absolute atomic E-state index is 7.92. The number of rotatable bonds is 5. The smallest absolute Gasteiger partial charge is 0.106 e. The van der Waals surface area contributed by atoms with Gasteiger partial charge >= 0.3 is 0 Å². The zero-order valence-corrected chi connectivity index (χ0v) is 11.3. The highest BCUT2D eigenvalue weighted by molar-refractivity contribution is 6.42. The van der Waals surface area contributed by atoms with Crippen molar-refractivity contribution in [2.75, 3.05) is 7.11 Å². The molecular weight excluding hydrogens is 259 g/mol. The molecule has 0 atom stereocenters. The Morgan fingerprint density at radius 2 is 2.00 bits per heavy atom. The Labute approximate surface area is 111 Å². The lowest BCUT2D eigenvalue weighted by atomic mass is 10.0. The molecule has 1 aromatic rings. The Hall–Kier alpha value is -1.06.